The minimum Gasteiger partial charge on any atom is -0.478 e. The molecule has 127 heavy (non-hydrogen) atoms. The van der Waals surface area contributed by atoms with E-state index in [0.29, 0.717) is 23.3 Å². The number of benzene rings is 7. The average Bonchev–Trinajstić information content (AvgIpc) is 1.39. The van der Waals surface area contributed by atoms with E-state index in [2.05, 4.69) is 141 Å². The molecule has 10 aromatic rings. The third-order valence-electron chi connectivity index (χ3n) is 19.4. The van der Waals surface area contributed by atoms with Crippen molar-refractivity contribution in [2.75, 3.05) is 91.8 Å². The molecular formula is C86H102N10O6S25. The SMILES string of the molecule is C1CCN(SSN2CCOCC2)CC1.CC(=O)c1ccccc1SSc1ccccc1C(=O)O.O=C1CCCCCN1SSN1CCCCCC1=O.S=S=S=S=S=S(C(=S)N1CCCCC1)C(=S)N1CCCCC1.c1ccc(SSSSc2ccccc2)cc1.c1ccc2sc(SSN3CCCCC3)nc2c1.c1ccc2sc(SSc3nc4ccccc4s3)nc2c1. The number of carbonyl (C=O) groups is 4. The molecule has 682 valence electrons. The number of hydrogen-bond donors (Lipinski definition) is 1. The number of thiazole rings is 3. The van der Waals surface area contributed by atoms with E-state index in [1.165, 1.54) is 191 Å². The van der Waals surface area contributed by atoms with Crippen molar-refractivity contribution in [2.45, 2.75) is 168 Å². The number of aromatic carboxylic acids is 1. The van der Waals surface area contributed by atoms with E-state index in [9.17, 15) is 19.2 Å². The van der Waals surface area contributed by atoms with Gasteiger partial charge in [0.2, 0.25) is 11.8 Å². The van der Waals surface area contributed by atoms with E-state index in [0.717, 1.165) is 143 Å². The molecule has 0 spiro atoms. The Balaban J connectivity index is 0.000000144. The molecule has 7 aliphatic rings. The third kappa shape index (κ3) is 39.0. The Labute approximate surface area is 845 Å². The highest BCUT2D eigenvalue weighted by molar-refractivity contribution is 9.26. The van der Waals surface area contributed by atoms with Crippen molar-refractivity contribution < 1.29 is 29.0 Å². The number of rotatable bonds is 22. The van der Waals surface area contributed by atoms with Crippen molar-refractivity contribution in [3.63, 3.8) is 0 Å². The number of Topliss-reactive ketones (excluding diaryl/α,β-unsaturated/α-hetero) is 1. The van der Waals surface area contributed by atoms with Crippen molar-refractivity contribution in [1.82, 2.24) is 46.3 Å². The summed E-state index contributed by atoms with van der Waals surface area (Å²) in [4.78, 5) is 69.1. The van der Waals surface area contributed by atoms with E-state index in [1.54, 1.807) is 165 Å². The summed E-state index contributed by atoms with van der Waals surface area (Å²) in [6, 6.07) is 59.8. The predicted octanol–water partition coefficient (Wildman–Crippen LogP) is 27.9. The standard InChI is InChI=1S/C15H12O3S2.C14H8N2S4.C12H20N2O2S2.C12H20N2S8.C12H14N2S3.C12H10S4.C9H18N2OS2/c1-10(16)11-6-2-4-8-13(11)19-20-14-9-5-3-7-12(14)15(17)18;1-3-7-11-9(5-1)15-13(17-11)19-20-14-16-10-6-2-4-8-12(10)18-14;15-11-7-3-1-5-9-13(11)17-18-14-10-6-2-4-8-12(14)16;15-11(13-7-3-1-4-8-13)22(21-20-19-18-17)12(16)14-9-5-2-6-10-14;1-4-8-14(9-5-1)17-16-12-13-10-6-2-3-7-11(10)15-12;1-3-7-11(8-4-1)13-15-16-14-12-9-5-2-6-10-12;1-2-4-10(5-3-1)13-14-11-6-8-12-9-7-11/h2-9H,1H3,(H,17,18);1-8H;1-10H2;1-10H2;2-3,6-7H,1,4-5,8-9H2;1-10H;1-9H2. The number of likely N-dealkylation sites (tertiary alicyclic amines) is 2. The van der Waals surface area contributed by atoms with Crippen LogP contribution in [-0.4, -0.2) is 175 Å². The van der Waals surface area contributed by atoms with Crippen LogP contribution in [0.1, 0.15) is 156 Å². The van der Waals surface area contributed by atoms with Crippen molar-refractivity contribution in [1.29, 1.82) is 0 Å². The Hall–Kier alpha value is -1.74. The third-order valence-corrected chi connectivity index (χ3v) is 54.7. The van der Waals surface area contributed by atoms with Gasteiger partial charge in [0.25, 0.3) is 0 Å². The Morgan fingerprint density at radius 2 is 0.748 bits per heavy atom. The summed E-state index contributed by atoms with van der Waals surface area (Å²) < 4.78 is 25.5. The molecular weight excluding hydrogens is 2070 g/mol. The van der Waals surface area contributed by atoms with Gasteiger partial charge in [-0.3, -0.25) is 23.0 Å². The number of hydrogen-bond acceptors (Lipinski definition) is 31. The van der Waals surface area contributed by atoms with E-state index < -0.39 is 5.97 Å². The fourth-order valence-electron chi connectivity index (χ4n) is 12.8. The molecule has 16 nitrogen and oxygen atoms in total. The maximum atomic E-state index is 11.8. The first-order valence-electron chi connectivity index (χ1n) is 41.9. The van der Waals surface area contributed by atoms with Gasteiger partial charge in [-0.1, -0.05) is 175 Å². The van der Waals surface area contributed by atoms with E-state index in [4.69, 9.17) is 45.5 Å². The second kappa shape index (κ2) is 62.2. The average molecular weight is 2170 g/mol. The van der Waals surface area contributed by atoms with Gasteiger partial charge in [0.05, 0.1) is 49.4 Å². The van der Waals surface area contributed by atoms with Crippen LogP contribution in [0.4, 0.5) is 0 Å². The van der Waals surface area contributed by atoms with Crippen LogP contribution in [0.3, 0.4) is 0 Å². The zero-order valence-electron chi connectivity index (χ0n) is 70.0. The van der Waals surface area contributed by atoms with Gasteiger partial charge in [0, 0.05) is 160 Å². The zero-order chi connectivity index (χ0) is 88.7. The molecule has 0 atom stereocenters. The number of ether oxygens (including phenoxy) is 1. The lowest BCUT2D eigenvalue weighted by Crippen LogP contribution is -2.43. The molecule has 2 amide bonds. The Morgan fingerprint density at radius 1 is 0.386 bits per heavy atom. The van der Waals surface area contributed by atoms with Gasteiger partial charge in [-0.05, 0) is 316 Å². The number of carbonyl (C=O) groups excluding carboxylic acids is 3. The summed E-state index contributed by atoms with van der Waals surface area (Å²) in [5.41, 5.74) is 4.19. The summed E-state index contributed by atoms with van der Waals surface area (Å²) in [6.07, 6.45) is 23.6. The van der Waals surface area contributed by atoms with Gasteiger partial charge in [-0.2, -0.15) is 0 Å². The number of ketones is 1. The first kappa shape index (κ1) is 106. The molecule has 0 bridgehead atoms. The fraction of sp³-hybridized carbons (Fsp3) is 0.407. The number of fused-ring (bicyclic) bond motifs is 3. The van der Waals surface area contributed by atoms with Crippen LogP contribution in [-0.2, 0) is 70.5 Å². The van der Waals surface area contributed by atoms with Gasteiger partial charge in [0.1, 0.15) is 8.64 Å². The summed E-state index contributed by atoms with van der Waals surface area (Å²) in [6.45, 7) is 16.5. The lowest BCUT2D eigenvalue weighted by molar-refractivity contribution is -0.126. The topological polar surface area (TPSA) is 159 Å². The number of thiocarbonyl (C=S) groups is 2. The van der Waals surface area contributed by atoms with Crippen LogP contribution in [0, 0.1) is 0 Å². The molecule has 7 aliphatic heterocycles. The van der Waals surface area contributed by atoms with Gasteiger partial charge in [0.15, 0.2) is 18.8 Å². The van der Waals surface area contributed by atoms with Crippen LogP contribution >= 0.6 is 209 Å². The van der Waals surface area contributed by atoms with Crippen LogP contribution in [0.25, 0.3) is 30.6 Å². The molecule has 17 rings (SSSR count). The molecule has 0 saturated carbocycles. The number of aromatic nitrogens is 3. The second-order valence-electron chi connectivity index (χ2n) is 28.7. The predicted molar refractivity (Wildman–Crippen MR) is 590 cm³/mol. The highest BCUT2D eigenvalue weighted by Crippen LogP contribution is 2.50. The molecule has 1 N–H and O–H groups in total. The number of nitrogens with zero attached hydrogens (tertiary/aromatic N) is 10. The van der Waals surface area contributed by atoms with E-state index >= 15 is 0 Å². The van der Waals surface area contributed by atoms with E-state index in [1.807, 2.05) is 90.1 Å². The number of morpholine rings is 1. The summed E-state index contributed by atoms with van der Waals surface area (Å²) >= 11 is 21.9. The Morgan fingerprint density at radius 3 is 1.17 bits per heavy atom. The molecule has 0 unspecified atom stereocenters. The molecule has 0 radical (unpaired) electrons. The maximum absolute atomic E-state index is 11.8. The number of para-hydroxylation sites is 3. The minimum absolute atomic E-state index is 0.000203. The molecule has 0 aliphatic carbocycles. The maximum Gasteiger partial charge on any atom is 0.336 e. The summed E-state index contributed by atoms with van der Waals surface area (Å²) in [5, 5.41) is 9.13. The monoisotopic (exact) mass is 2170 g/mol. The number of carboxylic acid groups (broad SMARTS) is 1. The normalized spacial score (nSPS) is 16.5. The quantitative estimate of drug-likeness (QED) is 0.0224. The van der Waals surface area contributed by atoms with Gasteiger partial charge < -0.3 is 19.6 Å². The Bertz CT molecular complexity index is 4890. The summed E-state index contributed by atoms with van der Waals surface area (Å²) in [5.74, 6) is -0.520. The fourth-order valence-corrected chi connectivity index (χ4v) is 46.7. The second-order valence-corrected chi connectivity index (χ2v) is 59.9. The first-order valence-corrected chi connectivity index (χ1v) is 68.0. The molecule has 10 heterocycles. The number of piperidine rings is 4. The molecule has 3 aromatic heterocycles. The summed E-state index contributed by atoms with van der Waals surface area (Å²) in [7, 11) is 30.0. The van der Waals surface area contributed by atoms with Gasteiger partial charge >= 0.3 is 5.97 Å². The van der Waals surface area contributed by atoms with Crippen LogP contribution in [0.5, 0.6) is 0 Å². The lowest BCUT2D eigenvalue weighted by Gasteiger charge is -2.33. The molecule has 7 saturated heterocycles. The molecule has 7 aromatic carbocycles. The zero-order valence-corrected chi connectivity index (χ0v) is 90.4. The molecule has 41 heteroatoms. The van der Waals surface area contributed by atoms with Crippen LogP contribution in [0.15, 0.2) is 215 Å². The molecule has 7 fully saturated rings. The van der Waals surface area contributed by atoms with Crippen molar-refractivity contribution in [3.05, 3.63) is 193 Å². The van der Waals surface area contributed by atoms with E-state index in [-0.39, 0.29) is 32.6 Å². The number of amides is 2. The van der Waals surface area contributed by atoms with Crippen molar-refractivity contribution in [2.24, 2.45) is 0 Å². The minimum atomic E-state index is -0.950. The van der Waals surface area contributed by atoms with Crippen molar-refractivity contribution >= 4 is 328 Å². The van der Waals surface area contributed by atoms with Gasteiger partial charge in [-0.25, -0.2) is 32.7 Å². The number of carboxylic acids is 1. The van der Waals surface area contributed by atoms with Gasteiger partial charge in [-0.15, -0.1) is 34.0 Å². The largest absolute Gasteiger partial charge is 0.478 e. The Kier molecular flexibility index (Phi) is 51.8. The van der Waals surface area contributed by atoms with Crippen molar-refractivity contribution in [3.8, 4) is 0 Å². The van der Waals surface area contributed by atoms with Crippen LogP contribution < -0.4 is 0 Å². The van der Waals surface area contributed by atoms with Crippen LogP contribution in [0.2, 0.25) is 0 Å². The smallest absolute Gasteiger partial charge is 0.336 e. The first-order chi connectivity index (χ1) is 62.3. The highest BCUT2D eigenvalue weighted by Gasteiger charge is 2.26. The highest BCUT2D eigenvalue weighted by atomic mass is 33.7. The lowest BCUT2D eigenvalue weighted by atomic mass is 10.1.